The van der Waals surface area contributed by atoms with E-state index in [0.717, 1.165) is 28.3 Å². The van der Waals surface area contributed by atoms with E-state index in [1.165, 1.54) is 29.5 Å². The molecule has 0 radical (unpaired) electrons. The van der Waals surface area contributed by atoms with Crippen molar-refractivity contribution in [1.29, 1.82) is 0 Å². The quantitative estimate of drug-likeness (QED) is 0.793. The van der Waals surface area contributed by atoms with Gasteiger partial charge in [-0.3, -0.25) is 4.98 Å². The Kier molecular flexibility index (Phi) is 3.79. The number of halogens is 1. The predicted molar refractivity (Wildman–Crippen MR) is 85.1 cm³/mol. The van der Waals surface area contributed by atoms with Crippen LogP contribution in [0.15, 0.2) is 35.1 Å². The molecule has 0 spiro atoms. The zero-order valence-electron chi connectivity index (χ0n) is 11.8. The molecule has 1 aromatic carbocycles. The number of hydrogen-bond acceptors (Lipinski definition) is 2. The maximum atomic E-state index is 5.81. The van der Waals surface area contributed by atoms with Crippen LogP contribution < -0.4 is 4.74 Å². The molecular weight excluding hydrogens is 314 g/mol. The molecule has 0 unspecified atom stereocenters. The van der Waals surface area contributed by atoms with Gasteiger partial charge in [-0.25, -0.2) is 0 Å². The van der Waals surface area contributed by atoms with Crippen molar-refractivity contribution in [3.63, 3.8) is 0 Å². The first kappa shape index (κ1) is 13.6. The van der Waals surface area contributed by atoms with Gasteiger partial charge >= 0.3 is 0 Å². The molecule has 3 rings (SSSR count). The summed E-state index contributed by atoms with van der Waals surface area (Å²) in [4.78, 5) is 4.31. The van der Waals surface area contributed by atoms with Gasteiger partial charge in [0, 0.05) is 16.2 Å². The minimum absolute atomic E-state index is 0.758. The van der Waals surface area contributed by atoms with Gasteiger partial charge in [0.2, 0.25) is 0 Å². The fourth-order valence-electron chi connectivity index (χ4n) is 2.28. The summed E-state index contributed by atoms with van der Waals surface area (Å²) < 4.78 is 6.94. The van der Waals surface area contributed by atoms with E-state index in [2.05, 4.69) is 53.0 Å². The molecule has 0 saturated heterocycles. The lowest BCUT2D eigenvalue weighted by Gasteiger charge is -2.11. The van der Waals surface area contributed by atoms with Gasteiger partial charge in [-0.2, -0.15) is 0 Å². The van der Waals surface area contributed by atoms with Crippen LogP contribution in [-0.2, 0) is 0 Å². The molecule has 0 N–H and O–H groups in total. The lowest BCUT2D eigenvalue weighted by atomic mass is 10.00. The lowest BCUT2D eigenvalue weighted by molar-refractivity contribution is 0.299. The molecule has 2 nitrogen and oxygen atoms in total. The number of hydrogen-bond donors (Lipinski definition) is 0. The third kappa shape index (κ3) is 3.04. The highest BCUT2D eigenvalue weighted by Crippen LogP contribution is 2.32. The van der Waals surface area contributed by atoms with Crippen LogP contribution in [0.1, 0.15) is 24.0 Å². The van der Waals surface area contributed by atoms with Gasteiger partial charge in [0.25, 0.3) is 0 Å². The Morgan fingerprint density at radius 1 is 1.15 bits per heavy atom. The Hall–Kier alpha value is -1.35. The van der Waals surface area contributed by atoms with Crippen LogP contribution in [0, 0.1) is 19.8 Å². The summed E-state index contributed by atoms with van der Waals surface area (Å²) in [5.41, 5.74) is 4.82. The van der Waals surface area contributed by atoms with Gasteiger partial charge in [-0.15, -0.1) is 0 Å². The van der Waals surface area contributed by atoms with Crippen molar-refractivity contribution in [3.8, 4) is 16.9 Å². The van der Waals surface area contributed by atoms with E-state index >= 15 is 0 Å². The second kappa shape index (κ2) is 5.57. The third-order valence-electron chi connectivity index (χ3n) is 3.71. The first-order valence-electron chi connectivity index (χ1n) is 6.98. The van der Waals surface area contributed by atoms with Gasteiger partial charge in [-0.1, -0.05) is 22.0 Å². The van der Waals surface area contributed by atoms with Crippen LogP contribution in [0.5, 0.6) is 5.75 Å². The number of pyridine rings is 1. The molecule has 1 heterocycles. The van der Waals surface area contributed by atoms with E-state index in [4.69, 9.17) is 4.74 Å². The molecular formula is C17H18BrNO. The highest BCUT2D eigenvalue weighted by molar-refractivity contribution is 9.10. The van der Waals surface area contributed by atoms with Crippen LogP contribution in [0.2, 0.25) is 0 Å². The summed E-state index contributed by atoms with van der Waals surface area (Å²) in [6, 6.07) is 6.43. The summed E-state index contributed by atoms with van der Waals surface area (Å²) in [7, 11) is 0. The molecule has 104 valence electrons. The summed E-state index contributed by atoms with van der Waals surface area (Å²) in [5, 5.41) is 0. The fourth-order valence-corrected chi connectivity index (χ4v) is 2.62. The van der Waals surface area contributed by atoms with Crippen molar-refractivity contribution in [3.05, 3.63) is 46.2 Å². The summed E-state index contributed by atoms with van der Waals surface area (Å²) in [6.45, 7) is 5.06. The van der Waals surface area contributed by atoms with E-state index in [-0.39, 0.29) is 0 Å². The molecule has 0 amide bonds. The maximum absolute atomic E-state index is 5.81. The Morgan fingerprint density at radius 2 is 1.95 bits per heavy atom. The zero-order chi connectivity index (χ0) is 14.1. The summed E-state index contributed by atoms with van der Waals surface area (Å²) in [5.74, 6) is 1.62. The first-order valence-corrected chi connectivity index (χ1v) is 7.78. The molecule has 1 aliphatic carbocycles. The van der Waals surface area contributed by atoms with Crippen LogP contribution in [0.4, 0.5) is 0 Å². The Balaban J connectivity index is 1.89. The van der Waals surface area contributed by atoms with Crippen LogP contribution >= 0.6 is 15.9 Å². The molecule has 3 heteroatoms. The van der Waals surface area contributed by atoms with Crippen molar-refractivity contribution in [2.24, 2.45) is 5.92 Å². The van der Waals surface area contributed by atoms with E-state index in [1.807, 2.05) is 6.20 Å². The van der Waals surface area contributed by atoms with E-state index in [9.17, 15) is 0 Å². The largest absolute Gasteiger partial charge is 0.492 e. The van der Waals surface area contributed by atoms with Gasteiger partial charge in [0.05, 0.1) is 12.8 Å². The van der Waals surface area contributed by atoms with E-state index < -0.39 is 0 Å². The minimum atomic E-state index is 0.758. The van der Waals surface area contributed by atoms with Crippen LogP contribution in [-0.4, -0.2) is 11.6 Å². The van der Waals surface area contributed by atoms with Crippen molar-refractivity contribution in [2.45, 2.75) is 26.7 Å². The summed E-state index contributed by atoms with van der Waals surface area (Å²) >= 11 is 3.60. The highest BCUT2D eigenvalue weighted by atomic mass is 79.9. The predicted octanol–water partition coefficient (Wildman–Crippen LogP) is 4.92. The van der Waals surface area contributed by atoms with Crippen molar-refractivity contribution in [1.82, 2.24) is 4.98 Å². The monoisotopic (exact) mass is 331 g/mol. The average molecular weight is 332 g/mol. The van der Waals surface area contributed by atoms with Gasteiger partial charge in [0.1, 0.15) is 5.75 Å². The number of aryl methyl sites for hydroxylation is 2. The third-order valence-corrected chi connectivity index (χ3v) is 4.57. The molecule has 0 atom stereocenters. The van der Waals surface area contributed by atoms with Crippen molar-refractivity contribution >= 4 is 15.9 Å². The fraction of sp³-hybridized carbons (Fsp3) is 0.353. The maximum Gasteiger partial charge on any atom is 0.138 e. The molecule has 1 saturated carbocycles. The van der Waals surface area contributed by atoms with Crippen molar-refractivity contribution < 1.29 is 4.74 Å². The number of benzene rings is 1. The molecule has 0 aliphatic heterocycles. The minimum Gasteiger partial charge on any atom is -0.492 e. The van der Waals surface area contributed by atoms with Gasteiger partial charge in [-0.05, 0) is 61.4 Å². The molecule has 0 bridgehead atoms. The molecule has 1 aliphatic rings. The molecule has 1 aromatic heterocycles. The smallest absolute Gasteiger partial charge is 0.138 e. The standard InChI is InChI=1S/C17H18BrNO/c1-11-5-12(2)17(18)7-16(11)14-6-15(9-19-8-14)20-10-13-3-4-13/h5-9,13H,3-4,10H2,1-2H3. The average Bonchev–Trinajstić information content (AvgIpc) is 3.25. The Labute approximate surface area is 128 Å². The lowest BCUT2D eigenvalue weighted by Crippen LogP contribution is -1.99. The molecule has 2 aromatic rings. The SMILES string of the molecule is Cc1cc(C)c(-c2cncc(OCC3CC3)c2)cc1Br. The molecule has 1 fully saturated rings. The van der Waals surface area contributed by atoms with Gasteiger partial charge < -0.3 is 4.74 Å². The normalized spacial score (nSPS) is 14.3. The zero-order valence-corrected chi connectivity index (χ0v) is 13.4. The molecule has 20 heavy (non-hydrogen) atoms. The van der Waals surface area contributed by atoms with Crippen LogP contribution in [0.3, 0.4) is 0 Å². The topological polar surface area (TPSA) is 22.1 Å². The first-order chi connectivity index (χ1) is 9.63. The second-order valence-corrected chi connectivity index (χ2v) is 6.43. The van der Waals surface area contributed by atoms with E-state index in [0.29, 0.717) is 0 Å². The number of rotatable bonds is 4. The number of ether oxygens (including phenoxy) is 1. The van der Waals surface area contributed by atoms with E-state index in [1.54, 1.807) is 6.20 Å². The second-order valence-electron chi connectivity index (χ2n) is 5.58. The number of aromatic nitrogens is 1. The number of nitrogens with zero attached hydrogens (tertiary/aromatic N) is 1. The van der Waals surface area contributed by atoms with Crippen LogP contribution in [0.25, 0.3) is 11.1 Å². The Morgan fingerprint density at radius 3 is 2.70 bits per heavy atom. The van der Waals surface area contributed by atoms with Gasteiger partial charge in [0.15, 0.2) is 0 Å². The summed E-state index contributed by atoms with van der Waals surface area (Å²) in [6.07, 6.45) is 6.30. The highest BCUT2D eigenvalue weighted by Gasteiger charge is 2.22. The van der Waals surface area contributed by atoms with Crippen molar-refractivity contribution in [2.75, 3.05) is 6.61 Å². The Bertz CT molecular complexity index is 635.